The molecule has 0 aliphatic heterocycles. The highest BCUT2D eigenvalue weighted by atomic mass is 32.2. The number of thioether (sulfide) groups is 1. The maximum Gasteiger partial charge on any atom is 0.368 e. The van der Waals surface area contributed by atoms with Crippen LogP contribution in [0, 0.1) is 0 Å². The predicted octanol–water partition coefficient (Wildman–Crippen LogP) is 3.51. The second-order valence-electron chi connectivity index (χ2n) is 5.36. The summed E-state index contributed by atoms with van der Waals surface area (Å²) in [4.78, 5) is 11.7. The lowest BCUT2D eigenvalue weighted by Crippen LogP contribution is -2.19. The Morgan fingerprint density at radius 1 is 1.29 bits per heavy atom. The number of ether oxygens (including phenoxy) is 1. The summed E-state index contributed by atoms with van der Waals surface area (Å²) in [5.74, 6) is 0. The van der Waals surface area contributed by atoms with Crippen LogP contribution in [0.1, 0.15) is 46.5 Å². The minimum Gasteiger partial charge on any atom is -0.450 e. The van der Waals surface area contributed by atoms with Crippen LogP contribution >= 0.6 is 11.8 Å². The molecule has 0 saturated heterocycles. The van der Waals surface area contributed by atoms with Gasteiger partial charge >= 0.3 is 5.30 Å². The van der Waals surface area contributed by atoms with Crippen LogP contribution in [0.3, 0.4) is 0 Å². The van der Waals surface area contributed by atoms with Crippen molar-refractivity contribution in [3.8, 4) is 0 Å². The molecule has 0 aromatic carbocycles. The molecule has 0 fully saturated rings. The van der Waals surface area contributed by atoms with Gasteiger partial charge in [0.25, 0.3) is 0 Å². The molecular formula is C13H22O3S. The number of rotatable bonds is 1. The van der Waals surface area contributed by atoms with E-state index in [1.54, 1.807) is 6.08 Å². The van der Waals surface area contributed by atoms with Gasteiger partial charge < -0.3 is 9.84 Å². The number of carbonyl (C=O) groups is 1. The van der Waals surface area contributed by atoms with E-state index in [4.69, 9.17) is 4.74 Å². The molecule has 1 rings (SSSR count). The van der Waals surface area contributed by atoms with E-state index >= 15 is 0 Å². The highest BCUT2D eigenvalue weighted by Gasteiger charge is 2.21. The van der Waals surface area contributed by atoms with Crippen LogP contribution in [0.5, 0.6) is 0 Å². The van der Waals surface area contributed by atoms with Crippen molar-refractivity contribution >= 4 is 17.1 Å². The van der Waals surface area contributed by atoms with E-state index in [0.717, 1.165) is 25.7 Å². The lowest BCUT2D eigenvalue weighted by atomic mass is 10.0. The molecule has 1 aliphatic carbocycles. The van der Waals surface area contributed by atoms with Crippen molar-refractivity contribution in [2.75, 3.05) is 0 Å². The Morgan fingerprint density at radius 3 is 2.59 bits per heavy atom. The van der Waals surface area contributed by atoms with Gasteiger partial charge in [-0.1, -0.05) is 33.3 Å². The molecule has 0 bridgehead atoms. The maximum atomic E-state index is 11.7. The first-order valence-electron chi connectivity index (χ1n) is 6.13. The molecule has 0 amide bonds. The monoisotopic (exact) mass is 258 g/mol. The molecule has 1 aliphatic rings. The van der Waals surface area contributed by atoms with Crippen molar-refractivity contribution in [3.63, 3.8) is 0 Å². The van der Waals surface area contributed by atoms with Crippen molar-refractivity contribution in [1.29, 1.82) is 0 Å². The van der Waals surface area contributed by atoms with Gasteiger partial charge in [-0.3, -0.25) is 0 Å². The molecule has 4 heteroatoms. The van der Waals surface area contributed by atoms with Gasteiger partial charge in [0.2, 0.25) is 0 Å². The summed E-state index contributed by atoms with van der Waals surface area (Å²) in [6.07, 6.45) is 6.57. The number of carbonyl (C=O) groups excluding carboxylic acids is 1. The summed E-state index contributed by atoms with van der Waals surface area (Å²) in [5.41, 5.74) is 0. The second-order valence-corrected chi connectivity index (χ2v) is 7.12. The third kappa shape index (κ3) is 6.74. The predicted molar refractivity (Wildman–Crippen MR) is 71.2 cm³/mol. The van der Waals surface area contributed by atoms with Crippen LogP contribution in [0.2, 0.25) is 0 Å². The van der Waals surface area contributed by atoms with Gasteiger partial charge in [-0.25, -0.2) is 4.79 Å². The molecule has 3 nitrogen and oxygen atoms in total. The maximum absolute atomic E-state index is 11.7. The Hall–Kier alpha value is -0.480. The van der Waals surface area contributed by atoms with Gasteiger partial charge in [0.05, 0.1) is 6.10 Å². The first-order valence-corrected chi connectivity index (χ1v) is 6.94. The molecular weight excluding hydrogens is 236 g/mol. The fourth-order valence-corrected chi connectivity index (χ4v) is 2.31. The Labute approximate surface area is 108 Å². The zero-order valence-electron chi connectivity index (χ0n) is 10.8. The number of aliphatic hydroxyl groups excluding tert-OH is 1. The Morgan fingerprint density at radius 2 is 1.94 bits per heavy atom. The topological polar surface area (TPSA) is 46.5 Å². The van der Waals surface area contributed by atoms with Gasteiger partial charge in [-0.05, 0) is 37.1 Å². The van der Waals surface area contributed by atoms with Crippen LogP contribution < -0.4 is 0 Å². The zero-order chi connectivity index (χ0) is 12.9. The fraction of sp³-hybridized carbons (Fsp3) is 0.769. The Bertz CT molecular complexity index is 281. The molecule has 2 atom stereocenters. The van der Waals surface area contributed by atoms with Crippen LogP contribution in [0.4, 0.5) is 4.79 Å². The van der Waals surface area contributed by atoms with Crippen molar-refractivity contribution < 1.29 is 14.6 Å². The third-order valence-electron chi connectivity index (χ3n) is 2.42. The van der Waals surface area contributed by atoms with Crippen molar-refractivity contribution in [1.82, 2.24) is 0 Å². The molecule has 98 valence electrons. The number of hydrogen-bond acceptors (Lipinski definition) is 4. The summed E-state index contributed by atoms with van der Waals surface area (Å²) in [6, 6.07) is 0. The van der Waals surface area contributed by atoms with E-state index in [1.807, 2.05) is 26.8 Å². The lowest BCUT2D eigenvalue weighted by Gasteiger charge is -2.20. The molecule has 1 N–H and O–H groups in total. The first-order chi connectivity index (χ1) is 7.87. The zero-order valence-corrected chi connectivity index (χ0v) is 11.6. The Balaban J connectivity index is 2.46. The highest BCUT2D eigenvalue weighted by molar-refractivity contribution is 8.14. The van der Waals surface area contributed by atoms with Crippen LogP contribution in [-0.4, -0.2) is 27.4 Å². The quantitative estimate of drug-likeness (QED) is 0.577. The van der Waals surface area contributed by atoms with E-state index < -0.39 is 6.10 Å². The fourth-order valence-electron chi connectivity index (χ4n) is 1.64. The number of hydrogen-bond donors (Lipinski definition) is 1. The van der Waals surface area contributed by atoms with Crippen LogP contribution in [0.25, 0.3) is 0 Å². The van der Waals surface area contributed by atoms with Gasteiger partial charge in [0.15, 0.2) is 0 Å². The molecule has 17 heavy (non-hydrogen) atoms. The normalized spacial score (nSPS) is 28.0. The summed E-state index contributed by atoms with van der Waals surface area (Å²) < 4.78 is 5.25. The van der Waals surface area contributed by atoms with E-state index in [2.05, 4.69) is 0 Å². The molecule has 0 aromatic rings. The van der Waals surface area contributed by atoms with Gasteiger partial charge in [-0.15, -0.1) is 0 Å². The molecule has 0 heterocycles. The van der Waals surface area contributed by atoms with Crippen LogP contribution in [0.15, 0.2) is 12.2 Å². The largest absolute Gasteiger partial charge is 0.450 e. The van der Waals surface area contributed by atoms with E-state index in [9.17, 15) is 9.90 Å². The van der Waals surface area contributed by atoms with Gasteiger partial charge in [0, 0.05) is 4.75 Å². The standard InChI is InChI=1S/C13H22O3S/c1-13(2,3)17-12(15)16-11-7-5-4-6-10(14)8-9-11/h8-11,14H,4-7H2,1-3H3/b9-8+. The molecule has 0 radical (unpaired) electrons. The van der Waals surface area contributed by atoms with E-state index in [0.29, 0.717) is 0 Å². The summed E-state index contributed by atoms with van der Waals surface area (Å²) in [5, 5.41) is 9.29. The average molecular weight is 258 g/mol. The molecule has 0 aromatic heterocycles. The van der Waals surface area contributed by atoms with E-state index in [-0.39, 0.29) is 16.2 Å². The van der Waals surface area contributed by atoms with Crippen molar-refractivity contribution in [2.45, 2.75) is 63.4 Å². The second kappa shape index (κ2) is 6.45. The minimum absolute atomic E-state index is 0.123. The SMILES string of the molecule is CC(C)(C)SC(=O)OC1/C=C/C(O)CCCC1. The van der Waals surface area contributed by atoms with E-state index in [1.165, 1.54) is 11.8 Å². The van der Waals surface area contributed by atoms with Crippen LogP contribution in [-0.2, 0) is 4.74 Å². The van der Waals surface area contributed by atoms with Gasteiger partial charge in [-0.2, -0.15) is 0 Å². The van der Waals surface area contributed by atoms with Crippen molar-refractivity contribution in [2.24, 2.45) is 0 Å². The van der Waals surface area contributed by atoms with Crippen molar-refractivity contribution in [3.05, 3.63) is 12.2 Å². The third-order valence-corrected chi connectivity index (χ3v) is 3.30. The molecule has 2 unspecified atom stereocenters. The summed E-state index contributed by atoms with van der Waals surface area (Å²) in [6.45, 7) is 5.95. The first kappa shape index (κ1) is 14.6. The highest BCUT2D eigenvalue weighted by Crippen LogP contribution is 2.26. The molecule has 0 spiro atoms. The lowest BCUT2D eigenvalue weighted by molar-refractivity contribution is 0.133. The summed E-state index contributed by atoms with van der Waals surface area (Å²) in [7, 11) is 0. The smallest absolute Gasteiger partial charge is 0.368 e. The average Bonchev–Trinajstić information content (AvgIpc) is 2.14. The Kier molecular flexibility index (Phi) is 5.53. The van der Waals surface area contributed by atoms with Gasteiger partial charge in [0.1, 0.15) is 6.10 Å². The number of aliphatic hydroxyl groups is 1. The summed E-state index contributed by atoms with van der Waals surface area (Å²) >= 11 is 1.21. The molecule has 0 saturated carbocycles. The minimum atomic E-state index is -0.397.